The van der Waals surface area contributed by atoms with Gasteiger partial charge in [0.1, 0.15) is 5.65 Å². The van der Waals surface area contributed by atoms with Crippen LogP contribution in [-0.4, -0.2) is 27.3 Å². The Morgan fingerprint density at radius 3 is 2.88 bits per heavy atom. The normalized spacial score (nSPS) is 13.0. The molecule has 120 valence electrons. The van der Waals surface area contributed by atoms with E-state index in [0.717, 1.165) is 5.56 Å². The van der Waals surface area contributed by atoms with Crippen molar-refractivity contribution in [2.45, 2.75) is 6.92 Å². The molecular formula is C16H12N4O4. The Kier molecular flexibility index (Phi) is 3.16. The number of carbonyl (C=O) groups is 1. The molecular weight excluding hydrogens is 312 g/mol. The maximum absolute atomic E-state index is 11.4. The van der Waals surface area contributed by atoms with Crippen molar-refractivity contribution in [3.8, 4) is 11.5 Å². The Hall–Kier alpha value is -3.42. The number of benzene rings is 1. The fourth-order valence-electron chi connectivity index (χ4n) is 2.43. The first-order chi connectivity index (χ1) is 11.6. The van der Waals surface area contributed by atoms with Gasteiger partial charge in [-0.1, -0.05) is 0 Å². The van der Waals surface area contributed by atoms with E-state index >= 15 is 0 Å². The summed E-state index contributed by atoms with van der Waals surface area (Å²) in [5.74, 6) is 0.232. The van der Waals surface area contributed by atoms with E-state index in [1.165, 1.54) is 0 Å². The van der Waals surface area contributed by atoms with Gasteiger partial charge in [-0.3, -0.25) is 4.40 Å². The predicted molar refractivity (Wildman–Crippen MR) is 83.6 cm³/mol. The summed E-state index contributed by atoms with van der Waals surface area (Å²) in [4.78, 5) is 15.5. The minimum atomic E-state index is -1.16. The van der Waals surface area contributed by atoms with Crippen molar-refractivity contribution in [1.29, 1.82) is 0 Å². The van der Waals surface area contributed by atoms with E-state index in [9.17, 15) is 9.90 Å². The molecule has 0 aliphatic carbocycles. The van der Waals surface area contributed by atoms with Gasteiger partial charge in [-0.05, 0) is 36.8 Å². The summed E-state index contributed by atoms with van der Waals surface area (Å²) in [6, 6.07) is 8.75. The van der Waals surface area contributed by atoms with Gasteiger partial charge in [0.25, 0.3) is 0 Å². The van der Waals surface area contributed by atoms with Crippen LogP contribution in [0.15, 0.2) is 46.8 Å². The molecule has 0 bridgehead atoms. The number of carboxylic acid groups (broad SMARTS) is 1. The third-order valence-electron chi connectivity index (χ3n) is 3.58. The molecule has 8 heteroatoms. The second kappa shape index (κ2) is 5.34. The first kappa shape index (κ1) is 14.2. The number of ether oxygens (including phenoxy) is 2. The van der Waals surface area contributed by atoms with Crippen molar-refractivity contribution in [1.82, 2.24) is 9.38 Å². The summed E-state index contributed by atoms with van der Waals surface area (Å²) in [6.45, 7) is 2.08. The smallest absolute Gasteiger partial charge is 0.358 e. The Morgan fingerprint density at radius 2 is 2.04 bits per heavy atom. The SMILES string of the molecule is Cc1ccn2c(N=Nc3ccc4c(c3)OCO4)c(C(=O)O)nc2c1. The quantitative estimate of drug-likeness (QED) is 0.744. The lowest BCUT2D eigenvalue weighted by molar-refractivity contribution is 0.0692. The van der Waals surface area contributed by atoms with Crippen LogP contribution in [-0.2, 0) is 0 Å². The number of carboxylic acids is 1. The molecule has 0 spiro atoms. The Labute approximate surface area is 136 Å². The summed E-state index contributed by atoms with van der Waals surface area (Å²) in [5, 5.41) is 17.5. The summed E-state index contributed by atoms with van der Waals surface area (Å²) in [7, 11) is 0. The molecule has 3 aromatic rings. The van der Waals surface area contributed by atoms with E-state index in [0.29, 0.717) is 22.8 Å². The van der Waals surface area contributed by atoms with E-state index in [1.807, 2.05) is 13.0 Å². The predicted octanol–water partition coefficient (Wildman–Crippen LogP) is 3.49. The Bertz CT molecular complexity index is 993. The minimum absolute atomic E-state index is 0.148. The highest BCUT2D eigenvalue weighted by atomic mass is 16.7. The van der Waals surface area contributed by atoms with Crippen LogP contribution < -0.4 is 9.47 Å². The summed E-state index contributed by atoms with van der Waals surface area (Å²) < 4.78 is 12.1. The molecule has 0 amide bonds. The van der Waals surface area contributed by atoms with Gasteiger partial charge in [0.2, 0.25) is 6.79 Å². The van der Waals surface area contributed by atoms with Crippen LogP contribution in [0, 0.1) is 6.92 Å². The van der Waals surface area contributed by atoms with Crippen LogP contribution in [0.1, 0.15) is 16.1 Å². The Balaban J connectivity index is 1.78. The first-order valence-electron chi connectivity index (χ1n) is 7.15. The van der Waals surface area contributed by atoms with Crippen LogP contribution in [0.2, 0.25) is 0 Å². The van der Waals surface area contributed by atoms with Crippen molar-refractivity contribution in [3.63, 3.8) is 0 Å². The van der Waals surface area contributed by atoms with Crippen LogP contribution in [0.25, 0.3) is 5.65 Å². The molecule has 4 rings (SSSR count). The molecule has 1 aliphatic rings. The molecule has 0 unspecified atom stereocenters. The number of fused-ring (bicyclic) bond motifs is 2. The highest BCUT2D eigenvalue weighted by molar-refractivity contribution is 5.91. The third kappa shape index (κ3) is 2.34. The molecule has 1 aromatic carbocycles. The molecule has 2 aromatic heterocycles. The number of aryl methyl sites for hydroxylation is 1. The fraction of sp³-hybridized carbons (Fsp3) is 0.125. The molecule has 0 radical (unpaired) electrons. The maximum atomic E-state index is 11.4. The fourth-order valence-corrected chi connectivity index (χ4v) is 2.43. The number of imidazole rings is 1. The largest absolute Gasteiger partial charge is 0.476 e. The molecule has 8 nitrogen and oxygen atoms in total. The molecule has 0 atom stereocenters. The van der Waals surface area contributed by atoms with Crippen molar-refractivity contribution < 1.29 is 19.4 Å². The van der Waals surface area contributed by atoms with Gasteiger partial charge in [0, 0.05) is 12.3 Å². The average Bonchev–Trinajstić information content (AvgIpc) is 3.16. The molecule has 0 saturated carbocycles. The topological polar surface area (TPSA) is 97.8 Å². The van der Waals surface area contributed by atoms with Crippen LogP contribution in [0.5, 0.6) is 11.5 Å². The highest BCUT2D eigenvalue weighted by Crippen LogP contribution is 2.36. The van der Waals surface area contributed by atoms with E-state index in [-0.39, 0.29) is 18.3 Å². The number of hydrogen-bond acceptors (Lipinski definition) is 6. The van der Waals surface area contributed by atoms with Gasteiger partial charge in [-0.25, -0.2) is 9.78 Å². The zero-order valence-corrected chi connectivity index (χ0v) is 12.6. The van der Waals surface area contributed by atoms with E-state index < -0.39 is 5.97 Å². The standard InChI is InChI=1S/C16H12N4O4/c1-9-4-5-20-13(6-9)17-14(16(21)22)15(20)19-18-10-2-3-11-12(7-10)24-8-23-11/h2-7H,8H2,1H3,(H,21,22). The van der Waals surface area contributed by atoms with Crippen LogP contribution in [0.3, 0.4) is 0 Å². The van der Waals surface area contributed by atoms with Gasteiger partial charge in [-0.15, -0.1) is 10.2 Å². The molecule has 0 saturated heterocycles. The molecule has 3 heterocycles. The summed E-state index contributed by atoms with van der Waals surface area (Å²) in [5.41, 5.74) is 1.86. The van der Waals surface area contributed by atoms with Gasteiger partial charge in [-0.2, -0.15) is 0 Å². The van der Waals surface area contributed by atoms with E-state index in [4.69, 9.17) is 9.47 Å². The van der Waals surface area contributed by atoms with Crippen molar-refractivity contribution in [2.75, 3.05) is 6.79 Å². The van der Waals surface area contributed by atoms with Crippen molar-refractivity contribution in [3.05, 3.63) is 47.8 Å². The number of azo groups is 1. The Morgan fingerprint density at radius 1 is 1.21 bits per heavy atom. The van der Waals surface area contributed by atoms with E-state index in [1.54, 1.807) is 34.9 Å². The molecule has 1 N–H and O–H groups in total. The first-order valence-corrected chi connectivity index (χ1v) is 7.15. The lowest BCUT2D eigenvalue weighted by Gasteiger charge is -1.98. The lowest BCUT2D eigenvalue weighted by Crippen LogP contribution is -1.96. The van der Waals surface area contributed by atoms with Crippen molar-refractivity contribution in [2.24, 2.45) is 10.2 Å². The summed E-state index contributed by atoms with van der Waals surface area (Å²) in [6.07, 6.45) is 1.72. The van der Waals surface area contributed by atoms with Gasteiger partial charge < -0.3 is 14.6 Å². The second-order valence-corrected chi connectivity index (χ2v) is 5.26. The zero-order chi connectivity index (χ0) is 16.7. The van der Waals surface area contributed by atoms with Gasteiger partial charge in [0.15, 0.2) is 23.0 Å². The number of nitrogens with zero attached hydrogens (tertiary/aromatic N) is 4. The number of pyridine rings is 1. The zero-order valence-electron chi connectivity index (χ0n) is 12.6. The molecule has 24 heavy (non-hydrogen) atoms. The minimum Gasteiger partial charge on any atom is -0.476 e. The van der Waals surface area contributed by atoms with E-state index in [2.05, 4.69) is 15.2 Å². The van der Waals surface area contributed by atoms with Crippen molar-refractivity contribution >= 4 is 23.1 Å². The maximum Gasteiger partial charge on any atom is 0.358 e. The number of aromatic nitrogens is 2. The molecule has 0 fully saturated rings. The number of rotatable bonds is 3. The molecule has 1 aliphatic heterocycles. The highest BCUT2D eigenvalue weighted by Gasteiger charge is 2.18. The monoisotopic (exact) mass is 324 g/mol. The third-order valence-corrected chi connectivity index (χ3v) is 3.58. The number of hydrogen-bond donors (Lipinski definition) is 1. The van der Waals surface area contributed by atoms with Gasteiger partial charge >= 0.3 is 5.97 Å². The second-order valence-electron chi connectivity index (χ2n) is 5.26. The average molecular weight is 324 g/mol. The van der Waals surface area contributed by atoms with Crippen LogP contribution >= 0.6 is 0 Å². The number of aromatic carboxylic acids is 1. The summed E-state index contributed by atoms with van der Waals surface area (Å²) >= 11 is 0. The van der Waals surface area contributed by atoms with Crippen LogP contribution in [0.4, 0.5) is 11.5 Å². The van der Waals surface area contributed by atoms with Gasteiger partial charge in [0.05, 0.1) is 5.69 Å². The lowest BCUT2D eigenvalue weighted by atomic mass is 10.3.